The summed E-state index contributed by atoms with van der Waals surface area (Å²) in [6.07, 6.45) is 8.88. The van der Waals surface area contributed by atoms with E-state index in [0.717, 1.165) is 16.5 Å². The van der Waals surface area contributed by atoms with Crippen LogP contribution < -0.4 is 14.8 Å². The molecule has 0 bridgehead atoms. The maximum absolute atomic E-state index is 15.1. The van der Waals surface area contributed by atoms with Crippen molar-refractivity contribution in [2.24, 2.45) is 5.92 Å². The third kappa shape index (κ3) is 7.99. The number of nitrogens with one attached hydrogen (secondary N) is 2. The van der Waals surface area contributed by atoms with Crippen LogP contribution in [0.2, 0.25) is 0 Å². The molecular formula is C29H33BrF2N2O3. The van der Waals surface area contributed by atoms with Crippen molar-refractivity contribution >= 4 is 27.5 Å². The first-order valence-electron chi connectivity index (χ1n) is 12.4. The van der Waals surface area contributed by atoms with Crippen LogP contribution in [0.4, 0.5) is 8.78 Å². The van der Waals surface area contributed by atoms with Crippen LogP contribution in [0.25, 0.3) is 0 Å². The van der Waals surface area contributed by atoms with Crippen LogP contribution in [0.3, 0.4) is 0 Å². The highest BCUT2D eigenvalue weighted by Gasteiger charge is 2.24. The highest BCUT2D eigenvalue weighted by atomic mass is 79.9. The lowest BCUT2D eigenvalue weighted by molar-refractivity contribution is 0.0931. The van der Waals surface area contributed by atoms with Gasteiger partial charge >= 0.3 is 0 Å². The van der Waals surface area contributed by atoms with Gasteiger partial charge in [0.1, 0.15) is 12.4 Å². The van der Waals surface area contributed by atoms with Gasteiger partial charge in [-0.2, -0.15) is 4.39 Å². The van der Waals surface area contributed by atoms with E-state index in [4.69, 9.17) is 14.9 Å². The molecule has 0 heterocycles. The molecule has 2 aromatic rings. The maximum atomic E-state index is 15.1. The molecule has 1 aliphatic rings. The normalized spacial score (nSPS) is 16.1. The number of rotatable bonds is 11. The standard InChI is InChI=1S/C29H33BrF2N2O3/c1-4-5-21-15-25(26(31)27(32)28(21)37-17-20-9-12-24(36-3)13-10-20)29(35)34-18(2)6-7-19-8-11-22(30)16-23(33)14-19/h8-13,15-16,18-19,33H,4-7,14,17H2,1-3H3,(H,34,35). The lowest BCUT2D eigenvalue weighted by atomic mass is 9.95. The van der Waals surface area contributed by atoms with E-state index >= 15 is 8.78 Å². The zero-order chi connectivity index (χ0) is 26.9. The lowest BCUT2D eigenvalue weighted by Crippen LogP contribution is -2.33. The predicted octanol–water partition coefficient (Wildman–Crippen LogP) is 7.28. The lowest BCUT2D eigenvalue weighted by Gasteiger charge is -2.19. The molecule has 3 rings (SSSR count). The van der Waals surface area contributed by atoms with E-state index in [1.54, 1.807) is 37.5 Å². The summed E-state index contributed by atoms with van der Waals surface area (Å²) in [6, 6.07) is 8.26. The van der Waals surface area contributed by atoms with E-state index in [9.17, 15) is 4.79 Å². The zero-order valence-corrected chi connectivity index (χ0v) is 23.0. The topological polar surface area (TPSA) is 71.4 Å². The van der Waals surface area contributed by atoms with Crippen molar-refractivity contribution < 1.29 is 23.0 Å². The molecule has 5 nitrogen and oxygen atoms in total. The highest BCUT2D eigenvalue weighted by molar-refractivity contribution is 9.11. The van der Waals surface area contributed by atoms with E-state index in [0.29, 0.717) is 42.7 Å². The molecule has 1 aliphatic carbocycles. The van der Waals surface area contributed by atoms with Gasteiger partial charge in [0.15, 0.2) is 11.6 Å². The fraction of sp³-hybridized carbons (Fsp3) is 0.379. The number of aryl methyl sites for hydroxylation is 1. The Morgan fingerprint density at radius 2 is 1.97 bits per heavy atom. The first-order chi connectivity index (χ1) is 17.7. The van der Waals surface area contributed by atoms with Gasteiger partial charge in [-0.25, -0.2) is 4.39 Å². The van der Waals surface area contributed by atoms with E-state index in [2.05, 4.69) is 21.2 Å². The van der Waals surface area contributed by atoms with E-state index in [1.165, 1.54) is 6.07 Å². The number of amides is 1. The molecule has 0 saturated carbocycles. The van der Waals surface area contributed by atoms with Crippen LogP contribution >= 0.6 is 15.9 Å². The van der Waals surface area contributed by atoms with Crippen LogP contribution in [0.15, 0.2) is 53.0 Å². The highest BCUT2D eigenvalue weighted by Crippen LogP contribution is 2.30. The van der Waals surface area contributed by atoms with Gasteiger partial charge < -0.3 is 20.2 Å². The Labute approximate surface area is 225 Å². The van der Waals surface area contributed by atoms with Crippen molar-refractivity contribution in [3.63, 3.8) is 0 Å². The van der Waals surface area contributed by atoms with Gasteiger partial charge in [0.2, 0.25) is 5.82 Å². The predicted molar refractivity (Wildman–Crippen MR) is 146 cm³/mol. The van der Waals surface area contributed by atoms with Crippen molar-refractivity contribution in [2.45, 2.75) is 58.6 Å². The molecule has 8 heteroatoms. The Kier molecular flexibility index (Phi) is 10.4. The van der Waals surface area contributed by atoms with Gasteiger partial charge in [-0.1, -0.05) is 53.6 Å². The summed E-state index contributed by atoms with van der Waals surface area (Å²) in [5, 5.41) is 10.8. The summed E-state index contributed by atoms with van der Waals surface area (Å²) in [5.41, 5.74) is 1.44. The number of carbonyl (C=O) groups is 1. The molecule has 2 atom stereocenters. The average Bonchev–Trinajstić information content (AvgIpc) is 3.04. The summed E-state index contributed by atoms with van der Waals surface area (Å²) in [4.78, 5) is 12.9. The first-order valence-corrected chi connectivity index (χ1v) is 13.2. The van der Waals surface area contributed by atoms with Gasteiger partial charge in [-0.3, -0.25) is 4.79 Å². The van der Waals surface area contributed by atoms with Crippen LogP contribution in [0, 0.1) is 23.0 Å². The Morgan fingerprint density at radius 1 is 1.24 bits per heavy atom. The molecule has 2 aromatic carbocycles. The van der Waals surface area contributed by atoms with Gasteiger partial charge in [0.05, 0.1) is 12.7 Å². The molecule has 2 N–H and O–H groups in total. The first kappa shape index (κ1) is 28.6. The fourth-order valence-corrected chi connectivity index (χ4v) is 4.63. The van der Waals surface area contributed by atoms with Crippen LogP contribution in [0.1, 0.15) is 61.0 Å². The van der Waals surface area contributed by atoms with Crippen LogP contribution in [-0.2, 0) is 13.0 Å². The summed E-state index contributed by atoms with van der Waals surface area (Å²) in [6.45, 7) is 3.82. The molecule has 2 unspecified atom stereocenters. The minimum absolute atomic E-state index is 0.0544. The van der Waals surface area contributed by atoms with Crippen molar-refractivity contribution in [3.8, 4) is 11.5 Å². The number of benzene rings is 2. The third-order valence-corrected chi connectivity index (χ3v) is 6.71. The summed E-state index contributed by atoms with van der Waals surface area (Å²) in [7, 11) is 1.57. The Bertz CT molecular complexity index is 1180. The molecule has 0 aromatic heterocycles. The van der Waals surface area contributed by atoms with Gasteiger partial charge in [0.25, 0.3) is 5.91 Å². The minimum Gasteiger partial charge on any atom is -0.497 e. The second-order valence-corrected chi connectivity index (χ2v) is 10.2. The monoisotopic (exact) mass is 574 g/mol. The molecule has 0 fully saturated rings. The number of hydrogen-bond acceptors (Lipinski definition) is 4. The average molecular weight is 575 g/mol. The van der Waals surface area contributed by atoms with E-state index < -0.39 is 17.5 Å². The molecule has 37 heavy (non-hydrogen) atoms. The smallest absolute Gasteiger partial charge is 0.254 e. The molecule has 1 amide bonds. The second kappa shape index (κ2) is 13.5. The quantitative estimate of drug-likeness (QED) is 0.296. The molecule has 0 spiro atoms. The SMILES string of the molecule is CCCc1cc(C(=O)NC(C)CCC2C=CC(Br)=CC(=N)C2)c(F)c(F)c1OCc1ccc(OC)cc1. The molecule has 0 radical (unpaired) electrons. The molecule has 198 valence electrons. The van der Waals surface area contributed by atoms with E-state index in [1.807, 2.05) is 26.0 Å². The number of halogens is 3. The minimum atomic E-state index is -1.22. The van der Waals surface area contributed by atoms with E-state index in [-0.39, 0.29) is 29.9 Å². The largest absolute Gasteiger partial charge is 0.497 e. The fourth-order valence-electron chi connectivity index (χ4n) is 4.20. The summed E-state index contributed by atoms with van der Waals surface area (Å²) >= 11 is 3.40. The summed E-state index contributed by atoms with van der Waals surface area (Å²) < 4.78 is 41.8. The molecular weight excluding hydrogens is 542 g/mol. The number of ether oxygens (including phenoxy) is 2. The third-order valence-electron chi connectivity index (χ3n) is 6.21. The van der Waals surface area contributed by atoms with Gasteiger partial charge in [-0.05, 0) is 73.9 Å². The van der Waals surface area contributed by atoms with Crippen LogP contribution in [-0.4, -0.2) is 24.8 Å². The maximum Gasteiger partial charge on any atom is 0.254 e. The van der Waals surface area contributed by atoms with Crippen molar-refractivity contribution in [1.82, 2.24) is 5.32 Å². The van der Waals surface area contributed by atoms with Crippen molar-refractivity contribution in [2.75, 3.05) is 7.11 Å². The zero-order valence-electron chi connectivity index (χ0n) is 21.4. The number of carbonyl (C=O) groups excluding carboxylic acids is 1. The van der Waals surface area contributed by atoms with Crippen LogP contribution in [0.5, 0.6) is 11.5 Å². The summed E-state index contributed by atoms with van der Waals surface area (Å²) in [5.74, 6) is -2.33. The van der Waals surface area contributed by atoms with Gasteiger partial charge in [0, 0.05) is 16.2 Å². The number of hydrogen-bond donors (Lipinski definition) is 2. The van der Waals surface area contributed by atoms with Gasteiger partial charge in [-0.15, -0.1) is 0 Å². The Hall–Kier alpha value is -3.00. The van der Waals surface area contributed by atoms with Crippen molar-refractivity contribution in [1.29, 1.82) is 5.41 Å². The molecule has 0 saturated heterocycles. The number of methoxy groups -OCH3 is 1. The Morgan fingerprint density at radius 3 is 2.65 bits per heavy atom. The molecule has 0 aliphatic heterocycles. The second-order valence-electron chi connectivity index (χ2n) is 9.26. The number of allylic oxidation sites excluding steroid dienone is 4. The Balaban J connectivity index is 1.68. The van der Waals surface area contributed by atoms with Crippen molar-refractivity contribution in [3.05, 3.63) is 81.4 Å².